The Morgan fingerprint density at radius 1 is 1.22 bits per heavy atom. The van der Waals surface area contributed by atoms with Gasteiger partial charge in [0.2, 0.25) is 5.91 Å². The molecule has 0 aromatic heterocycles. The van der Waals surface area contributed by atoms with Crippen LogP contribution < -0.4 is 10.6 Å². The fraction of sp³-hybridized carbons (Fsp3) is 0.440. The van der Waals surface area contributed by atoms with Crippen molar-refractivity contribution in [1.29, 1.82) is 0 Å². The summed E-state index contributed by atoms with van der Waals surface area (Å²) in [6, 6.07) is 13.3. The molecule has 2 aromatic rings. The van der Waals surface area contributed by atoms with Crippen molar-refractivity contribution < 1.29 is 9.59 Å². The van der Waals surface area contributed by atoms with E-state index >= 15 is 0 Å². The van der Waals surface area contributed by atoms with Crippen LogP contribution in [0, 0.1) is 0 Å². The van der Waals surface area contributed by atoms with E-state index < -0.39 is 11.7 Å². The molecule has 7 heteroatoms. The molecule has 1 saturated carbocycles. The highest BCUT2D eigenvalue weighted by Crippen LogP contribution is 2.46. The monoisotopic (exact) mass is 473 g/mol. The van der Waals surface area contributed by atoms with E-state index in [-0.39, 0.29) is 18.0 Å². The van der Waals surface area contributed by atoms with Gasteiger partial charge < -0.3 is 10.1 Å². The predicted octanol–water partition coefficient (Wildman–Crippen LogP) is 5.15. The summed E-state index contributed by atoms with van der Waals surface area (Å²) < 4.78 is 0. The second-order valence-corrected chi connectivity index (χ2v) is 9.72. The standard InChI is InChI=1S/C25H29Cl2N3O2/c1-3-16(2)30(23(15-31)28-20-8-5-9-20)25(14-17-6-4-7-18(26)12-17)21-11-10-19(27)13-22(21)29-24(25)32/h4,6-7,10-13,15-16,20,23,28H,3,5,8-9,14H2,1-2H3,(H,29,32). The van der Waals surface area contributed by atoms with Crippen molar-refractivity contribution in [3.8, 4) is 0 Å². The summed E-state index contributed by atoms with van der Waals surface area (Å²) in [5.74, 6) is -0.155. The molecule has 1 heterocycles. The summed E-state index contributed by atoms with van der Waals surface area (Å²) in [4.78, 5) is 28.3. The molecule has 2 N–H and O–H groups in total. The number of halogens is 2. The van der Waals surface area contributed by atoms with Gasteiger partial charge >= 0.3 is 0 Å². The van der Waals surface area contributed by atoms with Gasteiger partial charge in [0.1, 0.15) is 11.7 Å². The number of hydrogen-bond donors (Lipinski definition) is 2. The normalized spacial score (nSPS) is 22.2. The number of aldehydes is 1. The molecular formula is C25H29Cl2N3O2. The van der Waals surface area contributed by atoms with E-state index in [1.807, 2.05) is 30.3 Å². The number of anilines is 1. The second-order valence-electron chi connectivity index (χ2n) is 8.85. The van der Waals surface area contributed by atoms with Crippen molar-refractivity contribution in [2.75, 3.05) is 5.32 Å². The van der Waals surface area contributed by atoms with Gasteiger partial charge in [0, 0.05) is 39.8 Å². The van der Waals surface area contributed by atoms with Crippen LogP contribution in [0.2, 0.25) is 10.0 Å². The summed E-state index contributed by atoms with van der Waals surface area (Å²) >= 11 is 12.5. The van der Waals surface area contributed by atoms with Gasteiger partial charge in [-0.3, -0.25) is 15.0 Å². The zero-order valence-corrected chi connectivity index (χ0v) is 19.9. The number of carbonyl (C=O) groups excluding carboxylic acids is 2. The Labute approximate surface area is 199 Å². The van der Waals surface area contributed by atoms with Gasteiger partial charge in [-0.15, -0.1) is 0 Å². The Hall–Kier alpha value is -1.92. The van der Waals surface area contributed by atoms with Crippen molar-refractivity contribution in [2.45, 2.75) is 69.7 Å². The maximum atomic E-state index is 13.8. The van der Waals surface area contributed by atoms with E-state index in [9.17, 15) is 9.59 Å². The highest BCUT2D eigenvalue weighted by Gasteiger charge is 2.54. The first kappa shape index (κ1) is 23.2. The second kappa shape index (κ2) is 9.52. The van der Waals surface area contributed by atoms with Crippen LogP contribution in [0.4, 0.5) is 5.69 Å². The number of nitrogens with one attached hydrogen (secondary N) is 2. The number of hydrogen-bond acceptors (Lipinski definition) is 4. The molecule has 1 amide bonds. The van der Waals surface area contributed by atoms with Crippen LogP contribution >= 0.6 is 23.2 Å². The number of rotatable bonds is 9. The molecule has 0 bridgehead atoms. The predicted molar refractivity (Wildman–Crippen MR) is 129 cm³/mol. The van der Waals surface area contributed by atoms with Gasteiger partial charge in [-0.05, 0) is 56.0 Å². The Morgan fingerprint density at radius 2 is 1.97 bits per heavy atom. The van der Waals surface area contributed by atoms with Crippen LogP contribution in [0.3, 0.4) is 0 Å². The fourth-order valence-corrected chi connectivity index (χ4v) is 5.27. The van der Waals surface area contributed by atoms with Gasteiger partial charge in [-0.25, -0.2) is 0 Å². The van der Waals surface area contributed by atoms with Crippen molar-refractivity contribution in [2.24, 2.45) is 0 Å². The van der Waals surface area contributed by atoms with Gasteiger partial charge in [-0.2, -0.15) is 0 Å². The Morgan fingerprint density at radius 3 is 2.59 bits per heavy atom. The first-order valence-electron chi connectivity index (χ1n) is 11.2. The minimum absolute atomic E-state index is 0.0376. The van der Waals surface area contributed by atoms with Crippen LogP contribution in [-0.4, -0.2) is 35.3 Å². The molecule has 0 saturated heterocycles. The first-order chi connectivity index (χ1) is 15.4. The molecule has 170 valence electrons. The topological polar surface area (TPSA) is 61.4 Å². The molecule has 32 heavy (non-hydrogen) atoms. The third-order valence-corrected chi connectivity index (χ3v) is 7.32. The highest BCUT2D eigenvalue weighted by molar-refractivity contribution is 6.31. The van der Waals surface area contributed by atoms with Gasteiger partial charge in [-0.1, -0.05) is 54.7 Å². The van der Waals surface area contributed by atoms with Gasteiger partial charge in [0.05, 0.1) is 0 Å². The SMILES string of the molecule is CCC(C)N(C(C=O)NC1CCC1)C1(Cc2cccc(Cl)c2)C(=O)Nc2cc(Cl)ccc21. The number of nitrogens with zero attached hydrogens (tertiary/aromatic N) is 1. The third kappa shape index (κ3) is 4.19. The minimum Gasteiger partial charge on any atom is -0.324 e. The Bertz CT molecular complexity index is 1010. The molecule has 1 fully saturated rings. The van der Waals surface area contributed by atoms with Gasteiger partial charge in [0.25, 0.3) is 0 Å². The molecule has 3 atom stereocenters. The minimum atomic E-state index is -1.08. The van der Waals surface area contributed by atoms with E-state index in [1.54, 1.807) is 12.1 Å². The largest absolute Gasteiger partial charge is 0.324 e. The van der Waals surface area contributed by atoms with E-state index in [4.69, 9.17) is 23.2 Å². The molecule has 0 radical (unpaired) electrons. The first-order valence-corrected chi connectivity index (χ1v) is 12.0. The molecule has 2 aliphatic rings. The van der Waals surface area contributed by atoms with Crippen LogP contribution in [0.1, 0.15) is 50.7 Å². The van der Waals surface area contributed by atoms with Crippen LogP contribution in [0.25, 0.3) is 0 Å². The van der Waals surface area contributed by atoms with E-state index in [0.29, 0.717) is 22.2 Å². The van der Waals surface area contributed by atoms with Crippen LogP contribution in [-0.2, 0) is 21.5 Å². The summed E-state index contributed by atoms with van der Waals surface area (Å²) in [5, 5.41) is 7.71. The molecule has 1 aliphatic carbocycles. The molecule has 5 nitrogen and oxygen atoms in total. The number of amides is 1. The lowest BCUT2D eigenvalue weighted by Crippen LogP contribution is -2.65. The zero-order chi connectivity index (χ0) is 22.9. The lowest BCUT2D eigenvalue weighted by atomic mass is 9.81. The highest BCUT2D eigenvalue weighted by atomic mass is 35.5. The van der Waals surface area contributed by atoms with E-state index in [2.05, 4.69) is 29.4 Å². The lowest BCUT2D eigenvalue weighted by Gasteiger charge is -2.48. The quantitative estimate of drug-likeness (QED) is 0.390. The maximum absolute atomic E-state index is 13.8. The maximum Gasteiger partial charge on any atom is 0.250 e. The van der Waals surface area contributed by atoms with Crippen molar-refractivity contribution in [1.82, 2.24) is 10.2 Å². The zero-order valence-electron chi connectivity index (χ0n) is 18.4. The van der Waals surface area contributed by atoms with E-state index in [0.717, 1.165) is 43.1 Å². The third-order valence-electron chi connectivity index (χ3n) is 6.85. The molecular weight excluding hydrogens is 445 g/mol. The number of carbonyl (C=O) groups is 2. The fourth-order valence-electron chi connectivity index (χ4n) is 4.88. The average molecular weight is 474 g/mol. The summed E-state index contributed by atoms with van der Waals surface area (Å²) in [6.45, 7) is 4.14. The Balaban J connectivity index is 1.88. The molecule has 0 spiro atoms. The molecule has 2 aromatic carbocycles. The summed E-state index contributed by atoms with van der Waals surface area (Å²) in [6.07, 6.45) is 4.74. The van der Waals surface area contributed by atoms with Gasteiger partial charge in [0.15, 0.2) is 6.29 Å². The summed E-state index contributed by atoms with van der Waals surface area (Å²) in [5.41, 5.74) is 1.36. The smallest absolute Gasteiger partial charge is 0.250 e. The summed E-state index contributed by atoms with van der Waals surface area (Å²) in [7, 11) is 0. The number of benzene rings is 2. The van der Waals surface area contributed by atoms with Crippen LogP contribution in [0.15, 0.2) is 42.5 Å². The van der Waals surface area contributed by atoms with Crippen molar-refractivity contribution >= 4 is 41.1 Å². The molecule has 1 aliphatic heterocycles. The molecule has 4 rings (SSSR count). The lowest BCUT2D eigenvalue weighted by molar-refractivity contribution is -0.136. The van der Waals surface area contributed by atoms with Crippen molar-refractivity contribution in [3.63, 3.8) is 0 Å². The van der Waals surface area contributed by atoms with Crippen LogP contribution in [0.5, 0.6) is 0 Å². The average Bonchev–Trinajstić information content (AvgIpc) is 2.99. The molecule has 3 unspecified atom stereocenters. The van der Waals surface area contributed by atoms with Crippen molar-refractivity contribution in [3.05, 3.63) is 63.6 Å². The Kier molecular flexibility index (Phi) is 6.91. The van der Waals surface area contributed by atoms with E-state index in [1.165, 1.54) is 0 Å². The number of fused-ring (bicyclic) bond motifs is 1.